The average molecular weight is 390 g/mol. The molecule has 2 aromatic carbocycles. The van der Waals surface area contributed by atoms with E-state index in [0.717, 1.165) is 0 Å². The van der Waals surface area contributed by atoms with Gasteiger partial charge in [-0.15, -0.1) is 0 Å². The van der Waals surface area contributed by atoms with E-state index in [4.69, 9.17) is 17.3 Å². The number of nitrogen functional groups attached to an aromatic ring is 1. The summed E-state index contributed by atoms with van der Waals surface area (Å²) in [6.45, 7) is 0. The fourth-order valence-corrected chi connectivity index (χ4v) is 4.17. The Morgan fingerprint density at radius 3 is 2.62 bits per heavy atom. The molecule has 2 N–H and O–H groups in total. The molecule has 0 fully saturated rings. The number of rotatable bonds is 4. The molecule has 0 saturated heterocycles. The minimum atomic E-state index is -1.44. The van der Waals surface area contributed by atoms with E-state index in [0.29, 0.717) is 25.6 Å². The quantitative estimate of drug-likeness (QED) is 0.488. The minimum Gasteiger partial charge on any atom is -0.398 e. The summed E-state index contributed by atoms with van der Waals surface area (Å²) in [4.78, 5) is 10.6. The van der Waals surface area contributed by atoms with Gasteiger partial charge in [0.15, 0.2) is 0 Å². The van der Waals surface area contributed by atoms with E-state index in [9.17, 15) is 14.3 Å². The largest absolute Gasteiger partial charge is 0.398 e. The number of anilines is 1. The third-order valence-electron chi connectivity index (χ3n) is 2.76. The van der Waals surface area contributed by atoms with Gasteiger partial charge in [0.05, 0.1) is 31.4 Å². The van der Waals surface area contributed by atoms with Crippen LogP contribution in [0.5, 0.6) is 0 Å². The van der Waals surface area contributed by atoms with Gasteiger partial charge in [-0.3, -0.25) is 14.3 Å². The molecule has 0 aromatic heterocycles. The summed E-state index contributed by atoms with van der Waals surface area (Å²) in [7, 11) is -1.44. The molecule has 21 heavy (non-hydrogen) atoms. The summed E-state index contributed by atoms with van der Waals surface area (Å²) in [5.41, 5.74) is 6.80. The predicted molar refractivity (Wildman–Crippen MR) is 86.8 cm³/mol. The monoisotopic (exact) mass is 388 g/mol. The number of hydrogen-bond donors (Lipinski definition) is 1. The van der Waals surface area contributed by atoms with Crippen molar-refractivity contribution < 1.29 is 9.13 Å². The molecule has 2 rings (SSSR count). The van der Waals surface area contributed by atoms with Crippen molar-refractivity contribution in [1.82, 2.24) is 0 Å². The van der Waals surface area contributed by atoms with Crippen molar-refractivity contribution >= 4 is 49.7 Å². The van der Waals surface area contributed by atoms with Gasteiger partial charge in [0, 0.05) is 22.3 Å². The molecule has 0 saturated carbocycles. The molecule has 1 atom stereocenters. The van der Waals surface area contributed by atoms with E-state index in [1.165, 1.54) is 12.1 Å². The van der Waals surface area contributed by atoms with Crippen LogP contribution in [0.15, 0.2) is 45.8 Å². The summed E-state index contributed by atoms with van der Waals surface area (Å²) in [5, 5.41) is 11.0. The smallest absolute Gasteiger partial charge is 0.270 e. The van der Waals surface area contributed by atoms with Gasteiger partial charge in [0.25, 0.3) is 5.69 Å². The highest BCUT2D eigenvalue weighted by Gasteiger charge is 2.16. The van der Waals surface area contributed by atoms with E-state index in [2.05, 4.69) is 15.9 Å². The summed E-state index contributed by atoms with van der Waals surface area (Å²) >= 11 is 9.27. The summed E-state index contributed by atoms with van der Waals surface area (Å²) < 4.78 is 12.9. The molecule has 0 heterocycles. The first-order valence-electron chi connectivity index (χ1n) is 5.75. The van der Waals surface area contributed by atoms with E-state index in [1.54, 1.807) is 24.3 Å². The molecule has 0 aliphatic rings. The molecule has 2 aromatic rings. The Balaban J connectivity index is 2.30. The first-order valence-corrected chi connectivity index (χ1v) is 8.24. The first-order chi connectivity index (χ1) is 9.90. The van der Waals surface area contributed by atoms with Crippen molar-refractivity contribution in [1.29, 1.82) is 0 Å². The second kappa shape index (κ2) is 6.55. The molecule has 0 bridgehead atoms. The number of halogens is 2. The standard InChI is InChI=1S/C13H10BrClN2O3S/c14-10-6-9(17(18)19)5-4-8(10)7-21(20)13-11(15)2-1-3-12(13)16/h1-6H,7,16H2. The molecular weight excluding hydrogens is 380 g/mol. The molecule has 5 nitrogen and oxygen atoms in total. The maximum atomic E-state index is 12.4. The van der Waals surface area contributed by atoms with Crippen LogP contribution in [0.1, 0.15) is 5.56 Å². The highest BCUT2D eigenvalue weighted by molar-refractivity contribution is 9.10. The maximum Gasteiger partial charge on any atom is 0.270 e. The van der Waals surface area contributed by atoms with E-state index in [-0.39, 0.29) is 11.4 Å². The third-order valence-corrected chi connectivity index (χ3v) is 5.41. The number of hydrogen-bond acceptors (Lipinski definition) is 4. The van der Waals surface area contributed by atoms with Crippen LogP contribution >= 0.6 is 27.5 Å². The Hall–Kier alpha value is -1.44. The Labute approximate surface area is 136 Å². The van der Waals surface area contributed by atoms with Crippen LogP contribution in [-0.2, 0) is 16.6 Å². The Morgan fingerprint density at radius 2 is 2.05 bits per heavy atom. The molecule has 8 heteroatoms. The van der Waals surface area contributed by atoms with Gasteiger partial charge in [0.2, 0.25) is 0 Å². The van der Waals surface area contributed by atoms with Gasteiger partial charge in [-0.05, 0) is 17.7 Å². The van der Waals surface area contributed by atoms with E-state index in [1.807, 2.05) is 0 Å². The van der Waals surface area contributed by atoms with Crippen LogP contribution in [0.25, 0.3) is 0 Å². The number of nitro benzene ring substituents is 1. The van der Waals surface area contributed by atoms with Crippen molar-refractivity contribution in [2.75, 3.05) is 5.73 Å². The number of benzene rings is 2. The fraction of sp³-hybridized carbons (Fsp3) is 0.0769. The zero-order valence-electron chi connectivity index (χ0n) is 10.6. The normalized spacial score (nSPS) is 12.1. The van der Waals surface area contributed by atoms with Crippen LogP contribution in [0.2, 0.25) is 5.02 Å². The first kappa shape index (κ1) is 15.9. The van der Waals surface area contributed by atoms with Crippen molar-refractivity contribution in [3.63, 3.8) is 0 Å². The molecule has 1 unspecified atom stereocenters. The Morgan fingerprint density at radius 1 is 1.33 bits per heavy atom. The Bertz CT molecular complexity index is 719. The van der Waals surface area contributed by atoms with Gasteiger partial charge >= 0.3 is 0 Å². The zero-order valence-corrected chi connectivity index (χ0v) is 13.7. The van der Waals surface area contributed by atoms with Gasteiger partial charge in [-0.2, -0.15) is 0 Å². The fourth-order valence-electron chi connectivity index (χ4n) is 1.75. The van der Waals surface area contributed by atoms with Gasteiger partial charge in [0.1, 0.15) is 0 Å². The minimum absolute atomic E-state index is 0.0336. The Kier molecular flexibility index (Phi) is 4.97. The van der Waals surface area contributed by atoms with Crippen molar-refractivity contribution in [3.05, 3.63) is 61.6 Å². The molecule has 110 valence electrons. The summed E-state index contributed by atoms with van der Waals surface area (Å²) in [6, 6.07) is 9.24. The van der Waals surface area contributed by atoms with Gasteiger partial charge in [-0.25, -0.2) is 0 Å². The maximum absolute atomic E-state index is 12.4. The second-order valence-corrected chi connectivity index (χ2v) is 6.83. The van der Waals surface area contributed by atoms with E-state index >= 15 is 0 Å². The topological polar surface area (TPSA) is 86.2 Å². The lowest BCUT2D eigenvalue weighted by Gasteiger charge is -2.09. The lowest BCUT2D eigenvalue weighted by Crippen LogP contribution is -2.02. The summed E-state index contributed by atoms with van der Waals surface area (Å²) in [5.74, 6) is 0.159. The van der Waals surface area contributed by atoms with Crippen molar-refractivity contribution in [3.8, 4) is 0 Å². The van der Waals surface area contributed by atoms with Crippen LogP contribution in [0.4, 0.5) is 11.4 Å². The molecule has 0 aliphatic carbocycles. The van der Waals surface area contributed by atoms with Crippen LogP contribution in [0, 0.1) is 10.1 Å². The number of non-ortho nitro benzene ring substituents is 1. The highest BCUT2D eigenvalue weighted by Crippen LogP contribution is 2.30. The number of nitro groups is 1. The predicted octanol–water partition coefficient (Wildman–Crippen LogP) is 3.90. The van der Waals surface area contributed by atoms with Gasteiger partial charge < -0.3 is 5.73 Å². The van der Waals surface area contributed by atoms with Crippen LogP contribution in [0.3, 0.4) is 0 Å². The van der Waals surface area contributed by atoms with Crippen LogP contribution in [-0.4, -0.2) is 9.13 Å². The summed E-state index contributed by atoms with van der Waals surface area (Å²) in [6.07, 6.45) is 0. The van der Waals surface area contributed by atoms with Crippen molar-refractivity contribution in [2.45, 2.75) is 10.6 Å². The third kappa shape index (κ3) is 3.61. The molecular formula is C13H10BrClN2O3S. The number of nitrogens with zero attached hydrogens (tertiary/aromatic N) is 1. The van der Waals surface area contributed by atoms with E-state index < -0.39 is 15.7 Å². The molecule has 0 spiro atoms. The molecule has 0 amide bonds. The molecule has 0 radical (unpaired) electrons. The zero-order chi connectivity index (χ0) is 15.6. The number of nitrogens with two attached hydrogens (primary N) is 1. The lowest BCUT2D eigenvalue weighted by molar-refractivity contribution is -0.384. The van der Waals surface area contributed by atoms with Gasteiger partial charge in [-0.1, -0.05) is 39.7 Å². The molecule has 0 aliphatic heterocycles. The SMILES string of the molecule is Nc1cccc(Cl)c1S(=O)Cc1ccc([N+](=O)[O-])cc1Br. The second-order valence-electron chi connectivity index (χ2n) is 4.18. The lowest BCUT2D eigenvalue weighted by atomic mass is 10.2. The van der Waals surface area contributed by atoms with Crippen LogP contribution < -0.4 is 5.73 Å². The highest BCUT2D eigenvalue weighted by atomic mass is 79.9. The average Bonchev–Trinajstić information content (AvgIpc) is 2.40. The van der Waals surface area contributed by atoms with Crippen molar-refractivity contribution in [2.24, 2.45) is 0 Å².